The van der Waals surface area contributed by atoms with E-state index in [-0.39, 0.29) is 11.7 Å². The van der Waals surface area contributed by atoms with Gasteiger partial charge in [-0.15, -0.1) is 0 Å². The molecule has 1 atom stereocenters. The van der Waals surface area contributed by atoms with E-state index in [2.05, 4.69) is 11.4 Å². The Balaban J connectivity index is 2.31. The second-order valence-corrected chi connectivity index (χ2v) is 5.91. The molecular weight excluding hydrogens is 292 g/mol. The van der Waals surface area contributed by atoms with E-state index in [4.69, 9.17) is 10.00 Å². The van der Waals surface area contributed by atoms with Gasteiger partial charge in [-0.2, -0.15) is 5.26 Å². The van der Waals surface area contributed by atoms with E-state index in [0.29, 0.717) is 43.1 Å². The number of benzene rings is 1. The molecule has 1 N–H and O–H groups in total. The summed E-state index contributed by atoms with van der Waals surface area (Å²) >= 11 is 0. The first-order valence-electron chi connectivity index (χ1n) is 7.85. The summed E-state index contributed by atoms with van der Waals surface area (Å²) in [5.41, 5.74) is 0.603. The van der Waals surface area contributed by atoms with Crippen molar-refractivity contribution in [3.8, 4) is 11.8 Å². The fourth-order valence-corrected chi connectivity index (χ4v) is 2.11. The van der Waals surface area contributed by atoms with E-state index in [0.717, 1.165) is 0 Å². The van der Waals surface area contributed by atoms with Gasteiger partial charge in [-0.25, -0.2) is 0 Å². The number of nitrogens with zero attached hydrogens (tertiary/aromatic N) is 1. The second kappa shape index (κ2) is 9.62. The first-order valence-corrected chi connectivity index (χ1v) is 7.85. The highest BCUT2D eigenvalue weighted by Crippen LogP contribution is 2.14. The summed E-state index contributed by atoms with van der Waals surface area (Å²) in [5, 5.41) is 11.7. The largest absolute Gasteiger partial charge is 0.494 e. The van der Waals surface area contributed by atoms with Gasteiger partial charge in [0.2, 0.25) is 5.91 Å². The van der Waals surface area contributed by atoms with Crippen LogP contribution in [0.4, 0.5) is 0 Å². The number of hydrogen-bond donors (Lipinski definition) is 1. The van der Waals surface area contributed by atoms with Crippen molar-refractivity contribution < 1.29 is 14.3 Å². The molecule has 5 nitrogen and oxygen atoms in total. The highest BCUT2D eigenvalue weighted by Gasteiger charge is 2.12. The summed E-state index contributed by atoms with van der Waals surface area (Å²) in [6, 6.07) is 8.64. The van der Waals surface area contributed by atoms with Crippen LogP contribution in [0.15, 0.2) is 24.3 Å². The summed E-state index contributed by atoms with van der Waals surface area (Å²) < 4.78 is 5.55. The maximum absolute atomic E-state index is 11.8. The summed E-state index contributed by atoms with van der Waals surface area (Å²) in [6.45, 7) is 5.92. The van der Waals surface area contributed by atoms with Crippen molar-refractivity contribution in [3.63, 3.8) is 0 Å². The molecular formula is C18H24N2O3. The number of rotatable bonds is 9. The molecule has 0 aliphatic rings. The molecule has 0 unspecified atom stereocenters. The lowest BCUT2D eigenvalue weighted by atomic mass is 10.0. The maximum atomic E-state index is 11.8. The molecule has 1 rings (SSSR count). The first-order chi connectivity index (χ1) is 10.9. The van der Waals surface area contributed by atoms with Crippen molar-refractivity contribution in [1.29, 1.82) is 5.26 Å². The summed E-state index contributed by atoms with van der Waals surface area (Å²) in [6.07, 6.45) is 1.51. The molecule has 0 saturated carbocycles. The minimum Gasteiger partial charge on any atom is -0.494 e. The number of nitrogens with one attached hydrogen (secondary N) is 1. The van der Waals surface area contributed by atoms with Gasteiger partial charge < -0.3 is 10.1 Å². The number of carbonyl (C=O) groups excluding carboxylic acids is 2. The zero-order valence-corrected chi connectivity index (χ0v) is 14.0. The quantitative estimate of drug-likeness (QED) is 0.561. The number of ether oxygens (including phenoxy) is 1. The molecule has 0 radical (unpaired) electrons. The van der Waals surface area contributed by atoms with Gasteiger partial charge >= 0.3 is 0 Å². The van der Waals surface area contributed by atoms with Crippen molar-refractivity contribution in [2.45, 2.75) is 46.1 Å². The van der Waals surface area contributed by atoms with Crippen LogP contribution in [0.2, 0.25) is 0 Å². The Morgan fingerprint density at radius 1 is 1.35 bits per heavy atom. The average molecular weight is 316 g/mol. The van der Waals surface area contributed by atoms with Crippen molar-refractivity contribution in [1.82, 2.24) is 5.32 Å². The molecule has 1 amide bonds. The smallest absolute Gasteiger partial charge is 0.221 e. The Kier molecular flexibility index (Phi) is 7.82. The van der Waals surface area contributed by atoms with Crippen LogP contribution in [0.25, 0.3) is 0 Å². The maximum Gasteiger partial charge on any atom is 0.221 e. The summed E-state index contributed by atoms with van der Waals surface area (Å²) in [7, 11) is 0. The lowest BCUT2D eigenvalue weighted by Gasteiger charge is -2.13. The topological polar surface area (TPSA) is 79.2 Å². The third-order valence-corrected chi connectivity index (χ3v) is 3.26. The molecule has 0 spiro atoms. The SMILES string of the molecule is CC(=O)c1cccc(OCCCC(=O)N[C@H](C#N)CC(C)C)c1. The third-order valence-electron chi connectivity index (χ3n) is 3.26. The van der Waals surface area contributed by atoms with E-state index in [1.807, 2.05) is 13.8 Å². The van der Waals surface area contributed by atoms with Crippen LogP contribution in [-0.2, 0) is 4.79 Å². The van der Waals surface area contributed by atoms with Crippen LogP contribution < -0.4 is 10.1 Å². The Hall–Kier alpha value is -2.35. The van der Waals surface area contributed by atoms with Crippen LogP contribution in [-0.4, -0.2) is 24.3 Å². The zero-order valence-electron chi connectivity index (χ0n) is 14.0. The van der Waals surface area contributed by atoms with Gasteiger partial charge in [0.05, 0.1) is 12.7 Å². The van der Waals surface area contributed by atoms with E-state index in [1.54, 1.807) is 24.3 Å². The van der Waals surface area contributed by atoms with E-state index >= 15 is 0 Å². The fourth-order valence-electron chi connectivity index (χ4n) is 2.11. The van der Waals surface area contributed by atoms with Gasteiger partial charge in [-0.05, 0) is 37.8 Å². The Bertz CT molecular complexity index is 576. The summed E-state index contributed by atoms with van der Waals surface area (Å²) in [5.74, 6) is 0.825. The number of nitriles is 1. The Morgan fingerprint density at radius 2 is 2.09 bits per heavy atom. The van der Waals surface area contributed by atoms with Gasteiger partial charge in [0.1, 0.15) is 11.8 Å². The van der Waals surface area contributed by atoms with E-state index in [9.17, 15) is 9.59 Å². The van der Waals surface area contributed by atoms with Crippen molar-refractivity contribution in [2.75, 3.05) is 6.61 Å². The lowest BCUT2D eigenvalue weighted by molar-refractivity contribution is -0.121. The van der Waals surface area contributed by atoms with Gasteiger partial charge in [-0.1, -0.05) is 26.0 Å². The number of hydrogen-bond acceptors (Lipinski definition) is 4. The molecule has 0 fully saturated rings. The first kappa shape index (κ1) is 18.7. The van der Waals surface area contributed by atoms with E-state index < -0.39 is 6.04 Å². The highest BCUT2D eigenvalue weighted by molar-refractivity contribution is 5.94. The standard InChI is InChI=1S/C18H24N2O3/c1-13(2)10-16(12-19)20-18(22)8-5-9-23-17-7-4-6-15(11-17)14(3)21/h4,6-7,11,13,16H,5,8-10H2,1-3H3,(H,20,22)/t16-/m0/s1. The van der Waals surface area contributed by atoms with Crippen LogP contribution in [0.3, 0.4) is 0 Å². The molecule has 1 aromatic rings. The molecule has 124 valence electrons. The zero-order chi connectivity index (χ0) is 17.2. The van der Waals surface area contributed by atoms with Crippen LogP contribution in [0.1, 0.15) is 50.4 Å². The van der Waals surface area contributed by atoms with Crippen LogP contribution in [0.5, 0.6) is 5.75 Å². The molecule has 0 heterocycles. The number of amides is 1. The number of carbonyl (C=O) groups is 2. The van der Waals surface area contributed by atoms with Crippen molar-refractivity contribution in [2.24, 2.45) is 5.92 Å². The van der Waals surface area contributed by atoms with Crippen LogP contribution >= 0.6 is 0 Å². The minimum absolute atomic E-state index is 0.0116. The van der Waals surface area contributed by atoms with Gasteiger partial charge in [0, 0.05) is 12.0 Å². The van der Waals surface area contributed by atoms with Gasteiger partial charge in [0.25, 0.3) is 0 Å². The highest BCUT2D eigenvalue weighted by atomic mass is 16.5. The van der Waals surface area contributed by atoms with Gasteiger partial charge in [0.15, 0.2) is 5.78 Å². The lowest BCUT2D eigenvalue weighted by Crippen LogP contribution is -2.34. The molecule has 5 heteroatoms. The molecule has 23 heavy (non-hydrogen) atoms. The molecule has 0 saturated heterocycles. The van der Waals surface area contributed by atoms with Gasteiger partial charge in [-0.3, -0.25) is 9.59 Å². The average Bonchev–Trinajstić information content (AvgIpc) is 2.50. The predicted octanol–water partition coefficient (Wildman–Crippen LogP) is 3.10. The molecule has 0 aromatic heterocycles. The number of ketones is 1. The van der Waals surface area contributed by atoms with Crippen molar-refractivity contribution in [3.05, 3.63) is 29.8 Å². The molecule has 0 aliphatic carbocycles. The second-order valence-electron chi connectivity index (χ2n) is 5.91. The predicted molar refractivity (Wildman–Crippen MR) is 88.2 cm³/mol. The summed E-state index contributed by atoms with van der Waals surface area (Å²) in [4.78, 5) is 23.1. The van der Waals surface area contributed by atoms with Crippen molar-refractivity contribution >= 4 is 11.7 Å². The minimum atomic E-state index is -0.435. The Labute approximate surface area is 137 Å². The molecule has 1 aromatic carbocycles. The third kappa shape index (κ3) is 7.46. The monoisotopic (exact) mass is 316 g/mol. The van der Waals surface area contributed by atoms with Crippen LogP contribution in [0, 0.1) is 17.2 Å². The normalized spacial score (nSPS) is 11.6. The molecule has 0 aliphatic heterocycles. The fraction of sp³-hybridized carbons (Fsp3) is 0.500. The molecule has 0 bridgehead atoms. The van der Waals surface area contributed by atoms with E-state index in [1.165, 1.54) is 6.92 Å². The number of Topliss-reactive ketones (excluding diaryl/α,β-unsaturated/α-hetero) is 1. The Morgan fingerprint density at radius 3 is 2.70 bits per heavy atom.